The summed E-state index contributed by atoms with van der Waals surface area (Å²) in [5, 5.41) is 0. The van der Waals surface area contributed by atoms with E-state index >= 15 is 0 Å². The fourth-order valence-corrected chi connectivity index (χ4v) is 1.83. The van der Waals surface area contributed by atoms with Crippen LogP contribution in [-0.4, -0.2) is 48.0 Å². The number of piperidine rings is 1. The quantitative estimate of drug-likeness (QED) is 0.709. The summed E-state index contributed by atoms with van der Waals surface area (Å²) in [6.07, 6.45) is -0.451. The van der Waals surface area contributed by atoms with E-state index in [1.807, 2.05) is 0 Å². The van der Waals surface area contributed by atoms with Crippen LogP contribution in [0, 0.1) is 5.92 Å². The summed E-state index contributed by atoms with van der Waals surface area (Å²) in [5.41, 5.74) is -0.628. The maximum absolute atomic E-state index is 11.9. The summed E-state index contributed by atoms with van der Waals surface area (Å²) in [6, 6.07) is 0. The minimum absolute atomic E-state index is 0.00911. The van der Waals surface area contributed by atoms with Crippen molar-refractivity contribution in [1.29, 1.82) is 0 Å². The number of hydrogen-bond acceptors (Lipinski definition) is 5. The van der Waals surface area contributed by atoms with Gasteiger partial charge in [0.05, 0.1) is 19.1 Å². The predicted molar refractivity (Wildman–Crippen MR) is 67.6 cm³/mol. The Bertz CT molecular complexity index is 372. The van der Waals surface area contributed by atoms with Gasteiger partial charge in [0, 0.05) is 13.0 Å². The van der Waals surface area contributed by atoms with E-state index in [0.29, 0.717) is 0 Å². The molecule has 0 radical (unpaired) electrons. The molecule has 1 heterocycles. The Morgan fingerprint density at radius 2 is 2.00 bits per heavy atom. The average molecular weight is 271 g/mol. The second-order valence-electron chi connectivity index (χ2n) is 5.55. The summed E-state index contributed by atoms with van der Waals surface area (Å²) in [4.78, 5) is 36.4. The number of ketones is 1. The van der Waals surface area contributed by atoms with Crippen molar-refractivity contribution in [1.82, 2.24) is 4.90 Å². The molecular formula is C13H21NO5. The highest BCUT2D eigenvalue weighted by molar-refractivity contribution is 5.90. The number of hydrogen-bond donors (Lipinski definition) is 0. The lowest BCUT2D eigenvalue weighted by Crippen LogP contribution is -2.48. The van der Waals surface area contributed by atoms with E-state index in [9.17, 15) is 14.4 Å². The van der Waals surface area contributed by atoms with Crippen molar-refractivity contribution in [3.8, 4) is 0 Å². The second-order valence-corrected chi connectivity index (χ2v) is 5.55. The number of carbonyl (C=O) groups excluding carboxylic acids is 3. The average Bonchev–Trinajstić information content (AvgIpc) is 2.26. The van der Waals surface area contributed by atoms with E-state index in [0.717, 1.165) is 0 Å². The number of likely N-dealkylation sites (tertiary alicyclic amines) is 1. The van der Waals surface area contributed by atoms with Crippen LogP contribution >= 0.6 is 0 Å². The largest absolute Gasteiger partial charge is 0.466 e. The number of carbonyl (C=O) groups is 3. The number of Topliss-reactive ketones (excluding diaryl/α,β-unsaturated/α-hetero) is 1. The molecule has 0 aromatic carbocycles. The predicted octanol–water partition coefficient (Wildman–Crippen LogP) is 1.38. The van der Waals surface area contributed by atoms with Crippen molar-refractivity contribution < 1.29 is 23.9 Å². The van der Waals surface area contributed by atoms with E-state index < -0.39 is 23.6 Å². The van der Waals surface area contributed by atoms with E-state index in [1.165, 1.54) is 4.90 Å². The normalized spacial score (nSPS) is 20.1. The summed E-state index contributed by atoms with van der Waals surface area (Å²) in [5.74, 6) is -1.19. The zero-order valence-electron chi connectivity index (χ0n) is 11.9. The molecule has 0 aromatic heterocycles. The van der Waals surface area contributed by atoms with Gasteiger partial charge in [-0.1, -0.05) is 0 Å². The molecule has 6 heteroatoms. The third-order valence-electron chi connectivity index (χ3n) is 2.55. The fraction of sp³-hybridized carbons (Fsp3) is 0.769. The van der Waals surface area contributed by atoms with Crippen LogP contribution in [0.4, 0.5) is 4.79 Å². The van der Waals surface area contributed by atoms with Crippen LogP contribution in [0.15, 0.2) is 0 Å². The first-order valence-corrected chi connectivity index (χ1v) is 6.39. The first-order valence-electron chi connectivity index (χ1n) is 6.39. The Hall–Kier alpha value is -1.59. The molecule has 0 N–H and O–H groups in total. The van der Waals surface area contributed by atoms with Gasteiger partial charge >= 0.3 is 12.1 Å². The highest BCUT2D eigenvalue weighted by atomic mass is 16.6. The Kier molecular flexibility index (Phi) is 4.91. The van der Waals surface area contributed by atoms with Gasteiger partial charge in [-0.2, -0.15) is 0 Å². The number of nitrogens with zero attached hydrogens (tertiary/aromatic N) is 1. The number of amides is 1. The van der Waals surface area contributed by atoms with Crippen molar-refractivity contribution in [2.45, 2.75) is 39.7 Å². The van der Waals surface area contributed by atoms with Gasteiger partial charge in [0.25, 0.3) is 0 Å². The van der Waals surface area contributed by atoms with E-state index in [4.69, 9.17) is 9.47 Å². The van der Waals surface area contributed by atoms with Crippen molar-refractivity contribution in [2.24, 2.45) is 5.92 Å². The molecule has 0 unspecified atom stereocenters. The first kappa shape index (κ1) is 15.5. The third-order valence-corrected chi connectivity index (χ3v) is 2.55. The van der Waals surface area contributed by atoms with Gasteiger partial charge in [0.1, 0.15) is 5.60 Å². The molecule has 19 heavy (non-hydrogen) atoms. The topological polar surface area (TPSA) is 72.9 Å². The fourth-order valence-electron chi connectivity index (χ4n) is 1.83. The second kappa shape index (κ2) is 6.04. The molecule has 1 amide bonds. The lowest BCUT2D eigenvalue weighted by molar-refractivity contribution is -0.152. The zero-order chi connectivity index (χ0) is 14.6. The van der Waals surface area contributed by atoms with Crippen LogP contribution in [-0.2, 0) is 19.1 Å². The molecule has 0 aromatic rings. The lowest BCUT2D eigenvalue weighted by atomic mass is 9.97. The maximum Gasteiger partial charge on any atom is 0.410 e. The minimum Gasteiger partial charge on any atom is -0.466 e. The SMILES string of the molecule is CCOC(=O)[C@@H]1CC(=O)CN(C(=O)OC(C)(C)C)C1. The Labute approximate surface area is 113 Å². The molecule has 1 atom stereocenters. The van der Waals surface area contributed by atoms with Gasteiger partial charge in [-0.25, -0.2) is 4.79 Å². The molecule has 1 rings (SSSR count). The van der Waals surface area contributed by atoms with Gasteiger partial charge in [-0.15, -0.1) is 0 Å². The van der Waals surface area contributed by atoms with Gasteiger partial charge in [-0.3, -0.25) is 14.5 Å². The van der Waals surface area contributed by atoms with Crippen molar-refractivity contribution in [3.63, 3.8) is 0 Å². The Morgan fingerprint density at radius 3 is 2.53 bits per heavy atom. The monoisotopic (exact) mass is 271 g/mol. The van der Waals surface area contributed by atoms with Crippen molar-refractivity contribution in [2.75, 3.05) is 19.7 Å². The van der Waals surface area contributed by atoms with E-state index in [2.05, 4.69) is 0 Å². The molecule has 1 aliphatic heterocycles. The summed E-state index contributed by atoms with van der Waals surface area (Å²) < 4.78 is 10.1. The molecule has 0 aliphatic carbocycles. The first-order chi connectivity index (χ1) is 8.73. The van der Waals surface area contributed by atoms with Gasteiger partial charge in [0.15, 0.2) is 5.78 Å². The Balaban J connectivity index is 2.67. The van der Waals surface area contributed by atoms with Gasteiger partial charge in [0.2, 0.25) is 0 Å². The summed E-state index contributed by atoms with van der Waals surface area (Å²) >= 11 is 0. The minimum atomic E-state index is -0.628. The van der Waals surface area contributed by atoms with Crippen LogP contribution in [0.1, 0.15) is 34.1 Å². The zero-order valence-corrected chi connectivity index (χ0v) is 11.9. The van der Waals surface area contributed by atoms with Gasteiger partial charge in [-0.05, 0) is 27.7 Å². The molecule has 1 fully saturated rings. The van der Waals surface area contributed by atoms with Crippen molar-refractivity contribution in [3.05, 3.63) is 0 Å². The molecule has 0 bridgehead atoms. The van der Waals surface area contributed by atoms with Crippen LogP contribution < -0.4 is 0 Å². The van der Waals surface area contributed by atoms with E-state index in [-0.39, 0.29) is 31.9 Å². The number of rotatable bonds is 2. The molecule has 1 saturated heterocycles. The van der Waals surface area contributed by atoms with E-state index in [1.54, 1.807) is 27.7 Å². The van der Waals surface area contributed by atoms with Crippen molar-refractivity contribution >= 4 is 17.8 Å². The summed E-state index contributed by atoms with van der Waals surface area (Å²) in [6.45, 7) is 7.37. The Morgan fingerprint density at radius 1 is 1.37 bits per heavy atom. The standard InChI is InChI=1S/C13H21NO5/c1-5-18-11(16)9-6-10(15)8-14(7-9)12(17)19-13(2,3)4/h9H,5-8H2,1-4H3/t9-/m1/s1. The smallest absolute Gasteiger partial charge is 0.410 e. The molecule has 0 spiro atoms. The van der Waals surface area contributed by atoms with Gasteiger partial charge < -0.3 is 9.47 Å². The molecule has 1 aliphatic rings. The van der Waals surface area contributed by atoms with Crippen LogP contribution in [0.5, 0.6) is 0 Å². The molecular weight excluding hydrogens is 250 g/mol. The molecule has 108 valence electrons. The van der Waals surface area contributed by atoms with Crippen LogP contribution in [0.3, 0.4) is 0 Å². The lowest BCUT2D eigenvalue weighted by Gasteiger charge is -2.32. The highest BCUT2D eigenvalue weighted by Gasteiger charge is 2.35. The maximum atomic E-state index is 11.9. The number of ether oxygens (including phenoxy) is 2. The molecule has 0 saturated carbocycles. The van der Waals surface area contributed by atoms with Crippen LogP contribution in [0.25, 0.3) is 0 Å². The third kappa shape index (κ3) is 4.89. The van der Waals surface area contributed by atoms with Crippen LogP contribution in [0.2, 0.25) is 0 Å². The summed E-state index contributed by atoms with van der Waals surface area (Å²) in [7, 11) is 0. The highest BCUT2D eigenvalue weighted by Crippen LogP contribution is 2.18. The molecule has 6 nitrogen and oxygen atoms in total. The number of esters is 1.